The van der Waals surface area contributed by atoms with Crippen LogP contribution in [0.25, 0.3) is 10.9 Å². The fourth-order valence-electron chi connectivity index (χ4n) is 4.87. The number of ether oxygens (including phenoxy) is 2. The lowest BCUT2D eigenvalue weighted by atomic mass is 10.1. The van der Waals surface area contributed by atoms with Gasteiger partial charge in [-0.25, -0.2) is 0 Å². The van der Waals surface area contributed by atoms with Crippen molar-refractivity contribution >= 4 is 34.0 Å². The Morgan fingerprint density at radius 1 is 1.02 bits per heavy atom. The first-order valence-electron chi connectivity index (χ1n) is 15.2. The highest BCUT2D eigenvalue weighted by Crippen LogP contribution is 2.24. The van der Waals surface area contributed by atoms with Gasteiger partial charge in [0.15, 0.2) is 5.78 Å². The third-order valence-electron chi connectivity index (χ3n) is 7.24. The van der Waals surface area contributed by atoms with Crippen LogP contribution in [0.3, 0.4) is 0 Å². The predicted molar refractivity (Wildman–Crippen MR) is 175 cm³/mol. The molecule has 2 aromatic heterocycles. The molecule has 1 aliphatic carbocycles. The normalized spacial score (nSPS) is 12.7. The number of benzene rings is 2. The quantitative estimate of drug-likeness (QED) is 0.0698. The number of aromatic nitrogens is 4. The summed E-state index contributed by atoms with van der Waals surface area (Å²) in [7, 11) is 0. The molecule has 228 valence electrons. The molecular formula is C35H38ClN5O3. The number of nitrogens with zero attached hydrogens (tertiary/aromatic N) is 4. The first kappa shape index (κ1) is 31.2. The highest BCUT2D eigenvalue weighted by atomic mass is 35.5. The maximum atomic E-state index is 12.3. The van der Waals surface area contributed by atoms with Crippen LogP contribution in [0.5, 0.6) is 5.75 Å². The highest BCUT2D eigenvalue weighted by Gasteiger charge is 2.05. The van der Waals surface area contributed by atoms with E-state index in [1.54, 1.807) is 12.3 Å². The van der Waals surface area contributed by atoms with Crippen LogP contribution >= 0.6 is 11.6 Å². The molecule has 9 heteroatoms. The number of halogens is 1. The molecule has 0 atom stereocenters. The third kappa shape index (κ3) is 9.62. The average Bonchev–Trinajstić information content (AvgIpc) is 3.74. The zero-order chi connectivity index (χ0) is 30.4. The van der Waals surface area contributed by atoms with E-state index in [-0.39, 0.29) is 5.78 Å². The van der Waals surface area contributed by atoms with Crippen LogP contribution in [0.15, 0.2) is 96.9 Å². The molecule has 0 aliphatic heterocycles. The molecule has 0 unspecified atom stereocenters. The number of allylic oxidation sites excluding steroid dienone is 6. The number of hydrogen-bond donors (Lipinski definition) is 1. The molecule has 2 heterocycles. The van der Waals surface area contributed by atoms with E-state index in [0.717, 1.165) is 85.2 Å². The smallest absolute Gasteiger partial charge is 0.185 e. The first-order chi connectivity index (χ1) is 21.6. The van der Waals surface area contributed by atoms with Gasteiger partial charge in [-0.2, -0.15) is 0 Å². The van der Waals surface area contributed by atoms with Crippen LogP contribution in [0.1, 0.15) is 54.6 Å². The fourth-order valence-corrected chi connectivity index (χ4v) is 5.03. The molecule has 2 aromatic carbocycles. The second-order valence-corrected chi connectivity index (χ2v) is 11.1. The summed E-state index contributed by atoms with van der Waals surface area (Å²) in [5.41, 5.74) is 4.50. The number of rotatable bonds is 18. The Bertz CT molecular complexity index is 1610. The molecule has 0 amide bonds. The van der Waals surface area contributed by atoms with Gasteiger partial charge in [-0.3, -0.25) is 14.5 Å². The van der Waals surface area contributed by atoms with Gasteiger partial charge in [0, 0.05) is 47.6 Å². The van der Waals surface area contributed by atoms with Gasteiger partial charge in [0.1, 0.15) is 11.4 Å². The van der Waals surface area contributed by atoms with Crippen molar-refractivity contribution in [1.29, 1.82) is 0 Å². The minimum Gasteiger partial charge on any atom is -0.494 e. The largest absolute Gasteiger partial charge is 0.494 e. The number of anilines is 1. The second-order valence-electron chi connectivity index (χ2n) is 10.7. The van der Waals surface area contributed by atoms with Crippen molar-refractivity contribution < 1.29 is 14.3 Å². The summed E-state index contributed by atoms with van der Waals surface area (Å²) in [6.45, 7) is 3.37. The van der Waals surface area contributed by atoms with E-state index < -0.39 is 0 Å². The number of fused-ring (bicyclic) bond motifs is 1. The minimum atomic E-state index is -0.00367. The van der Waals surface area contributed by atoms with Crippen molar-refractivity contribution in [2.24, 2.45) is 0 Å². The number of carbonyl (C=O) groups is 1. The van der Waals surface area contributed by atoms with E-state index in [0.29, 0.717) is 30.4 Å². The van der Waals surface area contributed by atoms with Crippen molar-refractivity contribution in [2.45, 2.75) is 51.7 Å². The van der Waals surface area contributed by atoms with Gasteiger partial charge in [-0.15, -0.1) is 5.10 Å². The Kier molecular flexibility index (Phi) is 11.7. The molecular weight excluding hydrogens is 574 g/mol. The predicted octanol–water partition coefficient (Wildman–Crippen LogP) is 7.76. The standard InChI is InChI=1S/C35H38ClN5O3/c36-29-13-16-32-33(18-20-38-34(32)24-29)37-19-7-22-43-26-30-25-41(40-39-30)21-5-1-2-6-23-44-31-14-11-28(12-15-31)35(42)17-10-27-8-3-4-9-27/h3,8-18,20,24-25H,1-2,4-7,19,21-23,26H2,(H,37,38)/b17-10+. The summed E-state index contributed by atoms with van der Waals surface area (Å²) in [4.78, 5) is 16.7. The summed E-state index contributed by atoms with van der Waals surface area (Å²) in [6.07, 6.45) is 19.4. The van der Waals surface area contributed by atoms with Gasteiger partial charge in [-0.1, -0.05) is 47.5 Å². The molecule has 1 N–H and O–H groups in total. The van der Waals surface area contributed by atoms with Crippen molar-refractivity contribution in [3.8, 4) is 5.75 Å². The zero-order valence-electron chi connectivity index (χ0n) is 24.8. The molecule has 8 nitrogen and oxygen atoms in total. The van der Waals surface area contributed by atoms with Crippen molar-refractivity contribution in [3.05, 3.63) is 113 Å². The number of hydrogen-bond acceptors (Lipinski definition) is 7. The summed E-state index contributed by atoms with van der Waals surface area (Å²) in [5, 5.41) is 13.7. The van der Waals surface area contributed by atoms with Gasteiger partial charge in [0.2, 0.25) is 0 Å². The van der Waals surface area contributed by atoms with Crippen LogP contribution in [-0.2, 0) is 17.9 Å². The molecule has 1 aliphatic rings. The number of carbonyl (C=O) groups excluding carboxylic acids is 1. The molecule has 44 heavy (non-hydrogen) atoms. The summed E-state index contributed by atoms with van der Waals surface area (Å²) >= 11 is 6.08. The van der Waals surface area contributed by atoms with Crippen LogP contribution in [0.4, 0.5) is 5.69 Å². The van der Waals surface area contributed by atoms with E-state index in [4.69, 9.17) is 21.1 Å². The average molecular weight is 612 g/mol. The summed E-state index contributed by atoms with van der Waals surface area (Å²) < 4.78 is 13.5. The number of nitrogens with one attached hydrogen (secondary N) is 1. The lowest BCUT2D eigenvalue weighted by Crippen LogP contribution is -2.06. The van der Waals surface area contributed by atoms with Gasteiger partial charge in [0.25, 0.3) is 0 Å². The van der Waals surface area contributed by atoms with Crippen LogP contribution in [0, 0.1) is 0 Å². The number of unbranched alkanes of at least 4 members (excludes halogenated alkanes) is 3. The number of pyridine rings is 1. The molecule has 0 radical (unpaired) electrons. The van der Waals surface area contributed by atoms with E-state index in [1.165, 1.54) is 0 Å². The maximum Gasteiger partial charge on any atom is 0.185 e. The van der Waals surface area contributed by atoms with Crippen molar-refractivity contribution in [1.82, 2.24) is 20.0 Å². The molecule has 0 fully saturated rings. The van der Waals surface area contributed by atoms with Gasteiger partial charge >= 0.3 is 0 Å². The fraction of sp³-hybridized carbons (Fsp3) is 0.314. The van der Waals surface area contributed by atoms with Crippen LogP contribution in [0.2, 0.25) is 5.02 Å². The third-order valence-corrected chi connectivity index (χ3v) is 7.47. The van der Waals surface area contributed by atoms with E-state index in [2.05, 4.69) is 32.8 Å². The lowest BCUT2D eigenvalue weighted by molar-refractivity contribution is 0.104. The summed E-state index contributed by atoms with van der Waals surface area (Å²) in [6, 6.07) is 15.1. The van der Waals surface area contributed by atoms with Gasteiger partial charge in [0.05, 0.1) is 24.9 Å². The van der Waals surface area contributed by atoms with E-state index in [9.17, 15) is 4.79 Å². The number of ketones is 1. The first-order valence-corrected chi connectivity index (χ1v) is 15.6. The topological polar surface area (TPSA) is 91.2 Å². The lowest BCUT2D eigenvalue weighted by Gasteiger charge is -2.09. The maximum absolute atomic E-state index is 12.3. The zero-order valence-corrected chi connectivity index (χ0v) is 25.6. The molecule has 0 saturated heterocycles. The molecule has 4 aromatic rings. The SMILES string of the molecule is O=C(/C=C/C1=CCC=C1)c1ccc(OCCCCCCn2cc(COCCCNc3ccnc4cc(Cl)ccc34)nn2)cc1. The molecule has 0 bridgehead atoms. The van der Waals surface area contributed by atoms with Gasteiger partial charge in [-0.05, 0) is 92.3 Å². The van der Waals surface area contributed by atoms with Crippen molar-refractivity contribution in [3.63, 3.8) is 0 Å². The minimum absolute atomic E-state index is 0.00367. The van der Waals surface area contributed by atoms with Crippen LogP contribution in [-0.4, -0.2) is 45.5 Å². The highest BCUT2D eigenvalue weighted by molar-refractivity contribution is 6.31. The molecule has 0 spiro atoms. The Labute approximate surface area is 263 Å². The Balaban J connectivity index is 0.887. The Hall–Kier alpha value is -4.27. The van der Waals surface area contributed by atoms with Gasteiger partial charge < -0.3 is 14.8 Å². The van der Waals surface area contributed by atoms with E-state index in [1.807, 2.05) is 71.6 Å². The monoisotopic (exact) mass is 611 g/mol. The molecule has 0 saturated carbocycles. The second kappa shape index (κ2) is 16.5. The summed E-state index contributed by atoms with van der Waals surface area (Å²) in [5.74, 6) is 0.782. The molecule has 5 rings (SSSR count). The van der Waals surface area contributed by atoms with Crippen LogP contribution < -0.4 is 10.1 Å². The van der Waals surface area contributed by atoms with E-state index >= 15 is 0 Å². The number of aryl methyl sites for hydroxylation is 1. The Morgan fingerprint density at radius 2 is 1.91 bits per heavy atom. The van der Waals surface area contributed by atoms with Crippen molar-refractivity contribution in [2.75, 3.05) is 25.1 Å². The Morgan fingerprint density at radius 3 is 2.77 bits per heavy atom.